The molecular weight excluding hydrogens is 887 g/mol. The molecule has 1 unspecified atom stereocenters. The zero-order valence-corrected chi connectivity index (χ0v) is 43.7. The highest BCUT2D eigenvalue weighted by atomic mass is 16.7. The van der Waals surface area contributed by atoms with Crippen molar-refractivity contribution in [1.82, 2.24) is 4.90 Å². The van der Waals surface area contributed by atoms with Crippen molar-refractivity contribution in [1.29, 1.82) is 0 Å². The van der Waals surface area contributed by atoms with Crippen molar-refractivity contribution in [2.45, 2.75) is 179 Å². The van der Waals surface area contributed by atoms with Crippen molar-refractivity contribution >= 4 is 23.1 Å². The van der Waals surface area contributed by atoms with Gasteiger partial charge < -0.3 is 63.4 Å². The average Bonchev–Trinajstić information content (AvgIpc) is 3.84. The van der Waals surface area contributed by atoms with E-state index >= 15 is 0 Å². The number of fused-ring (bicyclic) bond motifs is 1. The van der Waals surface area contributed by atoms with Crippen LogP contribution in [0.15, 0.2) is 48.5 Å². The molecule has 2 aromatic rings. The number of ketones is 1. The van der Waals surface area contributed by atoms with E-state index in [1.807, 2.05) is 49.0 Å². The van der Waals surface area contributed by atoms with E-state index in [0.717, 1.165) is 22.5 Å². The van der Waals surface area contributed by atoms with Crippen molar-refractivity contribution in [2.75, 3.05) is 52.2 Å². The number of methoxy groups -OCH3 is 2. The van der Waals surface area contributed by atoms with Gasteiger partial charge in [0.25, 0.3) is 0 Å². The molecule has 0 amide bonds. The molecule has 3 aliphatic heterocycles. The van der Waals surface area contributed by atoms with Crippen molar-refractivity contribution in [2.24, 2.45) is 29.6 Å². The first-order valence-corrected chi connectivity index (χ1v) is 24.8. The van der Waals surface area contributed by atoms with E-state index in [1.165, 1.54) is 14.2 Å². The molecule has 0 spiro atoms. The first kappa shape index (κ1) is 55.1. The summed E-state index contributed by atoms with van der Waals surface area (Å²) in [6, 6.07) is 16.3. The number of hydrogen-bond donors (Lipinski definition) is 4. The van der Waals surface area contributed by atoms with Gasteiger partial charge in [0.1, 0.15) is 29.7 Å². The number of benzene rings is 2. The Morgan fingerprint density at radius 2 is 1.25 bits per heavy atom. The molecule has 4 fully saturated rings. The van der Waals surface area contributed by atoms with E-state index in [1.54, 1.807) is 41.5 Å². The molecular formula is C53H83N3O13. The maximum atomic E-state index is 14.4. The molecule has 2 aromatic carbocycles. The summed E-state index contributed by atoms with van der Waals surface area (Å²) in [5.74, 6) is -5.22. The molecule has 1 aliphatic carbocycles. The summed E-state index contributed by atoms with van der Waals surface area (Å²) in [6.45, 7) is 16.9. The minimum absolute atomic E-state index is 0.0854. The highest BCUT2D eigenvalue weighted by molar-refractivity contribution is 5.84. The van der Waals surface area contributed by atoms with Gasteiger partial charge >= 0.3 is 5.97 Å². The van der Waals surface area contributed by atoms with Crippen LogP contribution in [0.5, 0.6) is 0 Å². The normalized spacial score (nSPS) is 41.2. The predicted octanol–water partition coefficient (Wildman–Crippen LogP) is 4.93. The molecule has 4 N–H and O–H groups in total. The van der Waals surface area contributed by atoms with Crippen molar-refractivity contribution in [3.8, 4) is 0 Å². The average molecular weight is 970 g/mol. The quantitative estimate of drug-likeness (QED) is 0.198. The highest BCUT2D eigenvalue weighted by Crippen LogP contribution is 2.52. The molecule has 16 nitrogen and oxygen atoms in total. The minimum atomic E-state index is -1.84. The van der Waals surface area contributed by atoms with Gasteiger partial charge in [-0.05, 0) is 82.9 Å². The Balaban J connectivity index is 1.41. The van der Waals surface area contributed by atoms with Crippen LogP contribution in [-0.4, -0.2) is 164 Å². The second-order valence-corrected chi connectivity index (χ2v) is 21.7. The SMILES string of the molecule is CO[C@]1(C)C[C@H](O[C@H]2[C@H](C)[C@@H](O[C@@H]3O[C@H](C)C[C@H](N(Cc4ccc(N(C)C)cc4)Cc4ccc(N(C)C)cc4)[C@H]3O)[C@@](C)(OC)C[C@@H](C)C(=O)[C@H](C)[C@@H](O)[C@@]3(O)C(C)[C@H]3OC(=O)[C@@H]2C)O[C@@H](C)[C@@H]1O. The number of aliphatic hydroxyl groups excluding tert-OH is 3. The molecule has 19 atom stereocenters. The fourth-order valence-corrected chi connectivity index (χ4v) is 11.2. The fourth-order valence-electron chi connectivity index (χ4n) is 11.2. The Morgan fingerprint density at radius 3 is 1.75 bits per heavy atom. The standard InChI is InChI=1S/C53H83N3O13/c1-29-25-52(9,64-15)47(69-50-43(58)40(24-30(2)65-50)56(27-36-16-20-38(21-17-36)54(10)11)28-37-18-22-39(23-19-37)55(12)13)32(4)44(67-41-26-51(8,63-14)46(60)35(7)66-41)33(5)49(61)68-48-34(6)53(48,62)45(59)31(3)42(29)57/h16-23,29-35,40-41,43-48,50,58-60,62H,24-28H2,1-15H3/t29-,30-,31+,32+,33-,34?,35+,40+,41+,43-,44+,45-,46+,47-,48-,50+,51-,52+,53+/m1/s1. The van der Waals surface area contributed by atoms with Crippen molar-refractivity contribution < 1.29 is 63.2 Å². The van der Waals surface area contributed by atoms with Gasteiger partial charge in [0.15, 0.2) is 12.6 Å². The number of esters is 1. The van der Waals surface area contributed by atoms with Gasteiger partial charge in [0.05, 0.1) is 47.6 Å². The molecule has 6 rings (SSSR count). The first-order valence-electron chi connectivity index (χ1n) is 24.8. The molecule has 0 aromatic heterocycles. The highest BCUT2D eigenvalue weighted by Gasteiger charge is 2.70. The molecule has 0 radical (unpaired) electrons. The largest absolute Gasteiger partial charge is 0.458 e. The van der Waals surface area contributed by atoms with Crippen LogP contribution in [0, 0.1) is 29.6 Å². The minimum Gasteiger partial charge on any atom is -0.458 e. The van der Waals surface area contributed by atoms with E-state index in [9.17, 15) is 30.0 Å². The Kier molecular flexibility index (Phi) is 17.4. The van der Waals surface area contributed by atoms with E-state index in [-0.39, 0.29) is 24.7 Å². The van der Waals surface area contributed by atoms with E-state index < -0.39 is 114 Å². The second-order valence-electron chi connectivity index (χ2n) is 21.7. The number of Topliss-reactive ketones (excluding diaryl/α,β-unsaturated/α-hetero) is 1. The van der Waals surface area contributed by atoms with Gasteiger partial charge in [0.2, 0.25) is 0 Å². The summed E-state index contributed by atoms with van der Waals surface area (Å²) in [5.41, 5.74) is 0.0510. The number of ether oxygens (including phenoxy) is 7. The van der Waals surface area contributed by atoms with Crippen LogP contribution in [0.2, 0.25) is 0 Å². The smallest absolute Gasteiger partial charge is 0.311 e. The topological polar surface area (TPSA) is 189 Å². The Morgan fingerprint density at radius 1 is 0.710 bits per heavy atom. The van der Waals surface area contributed by atoms with Gasteiger partial charge in [-0.25, -0.2) is 0 Å². The number of nitrogens with zero attached hydrogens (tertiary/aromatic N) is 3. The third-order valence-corrected chi connectivity index (χ3v) is 16.1. The molecule has 69 heavy (non-hydrogen) atoms. The van der Waals surface area contributed by atoms with Gasteiger partial charge in [-0.2, -0.15) is 0 Å². The number of anilines is 2. The monoisotopic (exact) mass is 970 g/mol. The van der Waals surface area contributed by atoms with Crippen LogP contribution < -0.4 is 9.80 Å². The van der Waals surface area contributed by atoms with Crippen LogP contribution in [-0.2, 0) is 55.8 Å². The number of carbonyl (C=O) groups is 2. The Labute approximate surface area is 410 Å². The molecule has 4 aliphatic rings. The molecule has 16 heteroatoms. The summed E-state index contributed by atoms with van der Waals surface area (Å²) in [5, 5.41) is 47.2. The molecule has 3 heterocycles. The predicted molar refractivity (Wildman–Crippen MR) is 261 cm³/mol. The summed E-state index contributed by atoms with van der Waals surface area (Å²) in [4.78, 5) is 35.1. The summed E-state index contributed by atoms with van der Waals surface area (Å²) in [6.07, 6.45) is -9.45. The third kappa shape index (κ3) is 11.5. The maximum absolute atomic E-state index is 14.4. The summed E-state index contributed by atoms with van der Waals surface area (Å²) >= 11 is 0. The van der Waals surface area contributed by atoms with Crippen LogP contribution >= 0.6 is 0 Å². The number of rotatable bonds is 13. The van der Waals surface area contributed by atoms with E-state index in [2.05, 4.69) is 63.2 Å². The van der Waals surface area contributed by atoms with Crippen molar-refractivity contribution in [3.05, 3.63) is 59.7 Å². The van der Waals surface area contributed by atoms with Crippen LogP contribution in [0.3, 0.4) is 0 Å². The summed E-state index contributed by atoms with van der Waals surface area (Å²) in [7, 11) is 11.1. The van der Waals surface area contributed by atoms with Gasteiger partial charge in [0, 0.05) is 103 Å². The maximum Gasteiger partial charge on any atom is 0.311 e. The Bertz CT molecular complexity index is 1970. The molecule has 0 bridgehead atoms. The molecule has 1 saturated carbocycles. The lowest BCUT2D eigenvalue weighted by Crippen LogP contribution is -2.61. The zero-order chi connectivity index (χ0) is 51.1. The lowest BCUT2D eigenvalue weighted by molar-refractivity contribution is -0.320. The van der Waals surface area contributed by atoms with Crippen LogP contribution in [0.4, 0.5) is 11.4 Å². The number of aliphatic hydroxyl groups is 4. The number of hydrogen-bond acceptors (Lipinski definition) is 16. The third-order valence-electron chi connectivity index (χ3n) is 16.1. The van der Waals surface area contributed by atoms with Crippen LogP contribution in [0.25, 0.3) is 0 Å². The van der Waals surface area contributed by atoms with Crippen LogP contribution in [0.1, 0.15) is 92.7 Å². The second kappa shape index (κ2) is 21.8. The first-order chi connectivity index (χ1) is 32.3. The van der Waals surface area contributed by atoms with E-state index in [0.29, 0.717) is 19.5 Å². The molecule has 3 saturated heterocycles. The summed E-state index contributed by atoms with van der Waals surface area (Å²) < 4.78 is 45.2. The fraction of sp³-hybridized carbons (Fsp3) is 0.736. The number of carbonyl (C=O) groups excluding carboxylic acids is 2. The van der Waals surface area contributed by atoms with Crippen molar-refractivity contribution in [3.63, 3.8) is 0 Å². The Hall–Kier alpha value is -3.26. The van der Waals surface area contributed by atoms with E-state index in [4.69, 9.17) is 33.2 Å². The van der Waals surface area contributed by atoms with Gasteiger partial charge in [-0.15, -0.1) is 0 Å². The molecule has 388 valence electrons. The lowest BCUT2D eigenvalue weighted by atomic mass is 9.75. The zero-order valence-electron chi connectivity index (χ0n) is 43.7. The van der Waals surface area contributed by atoms with Gasteiger partial charge in [-0.3, -0.25) is 14.5 Å². The van der Waals surface area contributed by atoms with Gasteiger partial charge in [-0.1, -0.05) is 52.0 Å². The lowest BCUT2D eigenvalue weighted by Gasteiger charge is -2.50.